The summed E-state index contributed by atoms with van der Waals surface area (Å²) >= 11 is 0. The van der Waals surface area contributed by atoms with Gasteiger partial charge in [-0.25, -0.2) is 8.78 Å². The van der Waals surface area contributed by atoms with E-state index in [2.05, 4.69) is 10.1 Å². The molecule has 2 heterocycles. The van der Waals surface area contributed by atoms with Crippen molar-refractivity contribution in [3.8, 4) is 11.6 Å². The molecule has 1 aromatic carbocycles. The molecule has 1 atom stereocenters. The monoisotopic (exact) mass is 361 g/mol. The maximum Gasteiger partial charge on any atom is 0.238 e. The molecular formula is C18H17F2N3O3. The predicted molar refractivity (Wildman–Crippen MR) is 87.9 cm³/mol. The Morgan fingerprint density at radius 3 is 2.77 bits per heavy atom. The zero-order valence-corrected chi connectivity index (χ0v) is 14.3. The normalized spacial score (nSPS) is 12.2. The van der Waals surface area contributed by atoms with Crippen molar-refractivity contribution in [1.29, 1.82) is 0 Å². The lowest BCUT2D eigenvalue weighted by molar-refractivity contribution is -0.131. The Hall–Kier alpha value is -3.03. The molecule has 0 bridgehead atoms. The summed E-state index contributed by atoms with van der Waals surface area (Å²) in [6.07, 6.45) is 1.91. The molecule has 2 aromatic heterocycles. The van der Waals surface area contributed by atoms with Crippen LogP contribution in [0.4, 0.5) is 8.78 Å². The number of amides is 1. The van der Waals surface area contributed by atoms with Crippen molar-refractivity contribution in [2.45, 2.75) is 25.8 Å². The summed E-state index contributed by atoms with van der Waals surface area (Å²) < 4.78 is 36.7. The number of carbonyl (C=O) groups excluding carboxylic acids is 1. The van der Waals surface area contributed by atoms with Crippen LogP contribution >= 0.6 is 0 Å². The average Bonchev–Trinajstić information content (AvgIpc) is 3.32. The number of halogens is 2. The van der Waals surface area contributed by atoms with E-state index in [1.807, 2.05) is 0 Å². The predicted octanol–water partition coefficient (Wildman–Crippen LogP) is 3.76. The first-order chi connectivity index (χ1) is 12.5. The fourth-order valence-electron chi connectivity index (χ4n) is 2.46. The van der Waals surface area contributed by atoms with Crippen LogP contribution in [0.2, 0.25) is 0 Å². The molecule has 26 heavy (non-hydrogen) atoms. The molecule has 0 radical (unpaired) electrons. The van der Waals surface area contributed by atoms with Gasteiger partial charge in [-0.1, -0.05) is 11.2 Å². The van der Waals surface area contributed by atoms with Crippen molar-refractivity contribution in [2.24, 2.45) is 0 Å². The second-order valence-electron chi connectivity index (χ2n) is 5.84. The molecule has 0 saturated carbocycles. The third kappa shape index (κ3) is 3.79. The largest absolute Gasteiger partial charge is 0.461 e. The molecule has 0 N–H and O–H groups in total. The van der Waals surface area contributed by atoms with Crippen molar-refractivity contribution in [2.75, 3.05) is 7.05 Å². The number of aromatic nitrogens is 2. The van der Waals surface area contributed by atoms with Crippen LogP contribution < -0.4 is 0 Å². The van der Waals surface area contributed by atoms with Gasteiger partial charge in [0, 0.05) is 19.9 Å². The first kappa shape index (κ1) is 17.8. The number of nitrogens with zero attached hydrogens (tertiary/aromatic N) is 3. The molecule has 0 aliphatic carbocycles. The van der Waals surface area contributed by atoms with Crippen LogP contribution in [0.15, 0.2) is 45.5 Å². The van der Waals surface area contributed by atoms with E-state index in [0.717, 1.165) is 12.1 Å². The number of benzene rings is 1. The molecule has 6 nitrogen and oxygen atoms in total. The van der Waals surface area contributed by atoms with Gasteiger partial charge < -0.3 is 13.8 Å². The minimum Gasteiger partial charge on any atom is -0.461 e. The van der Waals surface area contributed by atoms with Crippen LogP contribution in [0.1, 0.15) is 30.8 Å². The fraction of sp³-hybridized carbons (Fsp3) is 0.278. The number of carbonyl (C=O) groups is 1. The van der Waals surface area contributed by atoms with Gasteiger partial charge in [0.1, 0.15) is 0 Å². The van der Waals surface area contributed by atoms with Crippen LogP contribution in [0.3, 0.4) is 0 Å². The summed E-state index contributed by atoms with van der Waals surface area (Å²) in [4.78, 5) is 18.0. The lowest BCUT2D eigenvalue weighted by Crippen LogP contribution is -2.30. The Morgan fingerprint density at radius 2 is 2.08 bits per heavy atom. The van der Waals surface area contributed by atoms with Crippen molar-refractivity contribution in [3.63, 3.8) is 0 Å². The summed E-state index contributed by atoms with van der Waals surface area (Å²) in [6.45, 7) is 1.74. The molecule has 3 rings (SSSR count). The van der Waals surface area contributed by atoms with Gasteiger partial charge in [0.05, 0.1) is 12.3 Å². The van der Waals surface area contributed by atoms with E-state index in [9.17, 15) is 13.6 Å². The number of aryl methyl sites for hydroxylation is 1. The number of hydrogen-bond donors (Lipinski definition) is 0. The molecule has 3 aromatic rings. The average molecular weight is 361 g/mol. The zero-order valence-electron chi connectivity index (χ0n) is 14.3. The van der Waals surface area contributed by atoms with Gasteiger partial charge in [0.2, 0.25) is 17.6 Å². The van der Waals surface area contributed by atoms with E-state index in [-0.39, 0.29) is 18.7 Å². The molecule has 0 aliphatic heterocycles. The maximum atomic E-state index is 13.4. The summed E-state index contributed by atoms with van der Waals surface area (Å²) in [5.74, 6) is -0.917. The molecule has 0 fully saturated rings. The fourth-order valence-corrected chi connectivity index (χ4v) is 2.46. The highest BCUT2D eigenvalue weighted by Gasteiger charge is 2.20. The van der Waals surface area contributed by atoms with Gasteiger partial charge in [-0.15, -0.1) is 0 Å². The molecule has 0 spiro atoms. The Bertz CT molecular complexity index is 893. The van der Waals surface area contributed by atoms with Gasteiger partial charge in [0.15, 0.2) is 17.4 Å². The van der Waals surface area contributed by atoms with Crippen LogP contribution in [0.25, 0.3) is 11.6 Å². The summed E-state index contributed by atoms with van der Waals surface area (Å²) in [7, 11) is 1.61. The molecule has 1 unspecified atom stereocenters. The molecule has 8 heteroatoms. The highest BCUT2D eigenvalue weighted by atomic mass is 19.2. The van der Waals surface area contributed by atoms with Gasteiger partial charge in [-0.05, 0) is 36.8 Å². The summed E-state index contributed by atoms with van der Waals surface area (Å²) in [5, 5.41) is 3.80. The lowest BCUT2D eigenvalue weighted by Gasteiger charge is -2.25. The minimum absolute atomic E-state index is 0.143. The lowest BCUT2D eigenvalue weighted by atomic mass is 10.1. The van der Waals surface area contributed by atoms with Gasteiger partial charge in [-0.3, -0.25) is 4.79 Å². The molecule has 0 saturated heterocycles. The van der Waals surface area contributed by atoms with Gasteiger partial charge in [-0.2, -0.15) is 4.98 Å². The third-order valence-corrected chi connectivity index (χ3v) is 4.16. The van der Waals surface area contributed by atoms with Gasteiger partial charge >= 0.3 is 0 Å². The van der Waals surface area contributed by atoms with Crippen molar-refractivity contribution >= 4 is 5.91 Å². The number of rotatable bonds is 6. The maximum absolute atomic E-state index is 13.4. The van der Waals surface area contributed by atoms with Crippen LogP contribution in [-0.2, 0) is 11.2 Å². The SMILES string of the molecule is CC(c1ccc(F)c(F)c1)N(C)C(=O)CCc1nc(-c2ccco2)no1. The molecule has 136 valence electrons. The highest BCUT2D eigenvalue weighted by molar-refractivity contribution is 5.76. The third-order valence-electron chi connectivity index (χ3n) is 4.16. The Kier molecular flexibility index (Phi) is 5.11. The zero-order chi connectivity index (χ0) is 18.7. The summed E-state index contributed by atoms with van der Waals surface area (Å²) in [5.41, 5.74) is 0.512. The van der Waals surface area contributed by atoms with Crippen LogP contribution in [-0.4, -0.2) is 28.0 Å². The first-order valence-electron chi connectivity index (χ1n) is 8.02. The number of furan rings is 1. The van der Waals surface area contributed by atoms with Crippen molar-refractivity contribution in [3.05, 3.63) is 59.7 Å². The Morgan fingerprint density at radius 1 is 1.27 bits per heavy atom. The van der Waals surface area contributed by atoms with E-state index in [1.165, 1.54) is 17.2 Å². The van der Waals surface area contributed by atoms with Crippen molar-refractivity contribution in [1.82, 2.24) is 15.0 Å². The van der Waals surface area contributed by atoms with Crippen LogP contribution in [0.5, 0.6) is 0 Å². The van der Waals surface area contributed by atoms with Crippen molar-refractivity contribution < 1.29 is 22.5 Å². The van der Waals surface area contributed by atoms with E-state index >= 15 is 0 Å². The Balaban J connectivity index is 1.59. The second kappa shape index (κ2) is 7.47. The van der Waals surface area contributed by atoms with E-state index in [4.69, 9.17) is 8.94 Å². The minimum atomic E-state index is -0.938. The molecule has 0 aliphatic rings. The van der Waals surface area contributed by atoms with Crippen LogP contribution in [0, 0.1) is 11.6 Å². The first-order valence-corrected chi connectivity index (χ1v) is 8.02. The van der Waals surface area contributed by atoms with E-state index < -0.39 is 17.7 Å². The second-order valence-corrected chi connectivity index (χ2v) is 5.84. The Labute approximate surface area is 148 Å². The van der Waals surface area contributed by atoms with Gasteiger partial charge in [0.25, 0.3) is 0 Å². The number of hydrogen-bond acceptors (Lipinski definition) is 5. The standard InChI is InChI=1S/C18H17F2N3O3/c1-11(12-5-6-13(19)14(20)10-12)23(2)17(24)8-7-16-21-18(22-26-16)15-4-3-9-25-15/h3-6,9-11H,7-8H2,1-2H3. The molecular weight excluding hydrogens is 344 g/mol. The van der Waals surface area contributed by atoms with E-state index in [0.29, 0.717) is 23.0 Å². The molecule has 1 amide bonds. The highest BCUT2D eigenvalue weighted by Crippen LogP contribution is 2.22. The summed E-state index contributed by atoms with van der Waals surface area (Å²) in [6, 6.07) is 6.62. The topological polar surface area (TPSA) is 72.4 Å². The van der Waals surface area contributed by atoms with E-state index in [1.54, 1.807) is 26.1 Å². The smallest absolute Gasteiger partial charge is 0.238 e. The quantitative estimate of drug-likeness (QED) is 0.668.